The number of benzene rings is 1. The number of amides is 1. The molecule has 0 aliphatic carbocycles. The number of hydrogen-bond acceptors (Lipinski definition) is 4. The van der Waals surface area contributed by atoms with Crippen LogP contribution in [0.15, 0.2) is 23.1 Å². The summed E-state index contributed by atoms with van der Waals surface area (Å²) in [7, 11) is 0.690. The molecule has 21 heavy (non-hydrogen) atoms. The van der Waals surface area contributed by atoms with Crippen LogP contribution in [0.25, 0.3) is 0 Å². The van der Waals surface area contributed by atoms with Crippen molar-refractivity contribution in [1.29, 1.82) is 0 Å². The molecule has 2 rings (SSSR count). The third-order valence-electron chi connectivity index (χ3n) is 3.44. The fourth-order valence-electron chi connectivity index (χ4n) is 2.21. The van der Waals surface area contributed by atoms with Crippen LogP contribution in [-0.2, 0) is 19.9 Å². The third-order valence-corrected chi connectivity index (χ3v) is 6.28. The number of carbonyl (C=O) groups excluding carboxylic acids is 1. The summed E-state index contributed by atoms with van der Waals surface area (Å²) in [6.45, 7) is 1.62. The summed E-state index contributed by atoms with van der Waals surface area (Å²) in [5.41, 5.74) is 0.751. The Balaban J connectivity index is 2.15. The number of rotatable bonds is 3. The molecule has 0 bridgehead atoms. The van der Waals surface area contributed by atoms with Gasteiger partial charge in [-0.05, 0) is 37.5 Å². The normalized spacial score (nSPS) is 22.8. The summed E-state index contributed by atoms with van der Waals surface area (Å²) in [5, 5.41) is 2.84. The number of hydrogen-bond donors (Lipinski definition) is 1. The molecule has 0 unspecified atom stereocenters. The van der Waals surface area contributed by atoms with Crippen LogP contribution in [0.1, 0.15) is 28.8 Å². The summed E-state index contributed by atoms with van der Waals surface area (Å²) in [6, 6.07) is 4.39. The summed E-state index contributed by atoms with van der Waals surface area (Å²) in [5.74, 6) is 0.828. The van der Waals surface area contributed by atoms with E-state index < -0.39 is 19.9 Å². The Kier molecular flexibility index (Phi) is 5.06. The maximum Gasteiger partial charge on any atom is 0.261 e. The highest BCUT2D eigenvalue weighted by Gasteiger charge is 2.21. The van der Waals surface area contributed by atoms with Crippen molar-refractivity contribution in [2.24, 2.45) is 0 Å². The second-order valence-electron chi connectivity index (χ2n) is 5.01. The first-order valence-corrected chi connectivity index (χ1v) is 10.3. The molecule has 1 aliphatic rings. The van der Waals surface area contributed by atoms with Crippen molar-refractivity contribution in [2.45, 2.75) is 30.7 Å². The van der Waals surface area contributed by atoms with E-state index in [1.807, 2.05) is 0 Å². The molecule has 5 nitrogen and oxygen atoms in total. The molecule has 0 atom stereocenters. The Labute approximate surface area is 130 Å². The van der Waals surface area contributed by atoms with Gasteiger partial charge in [0.2, 0.25) is 0 Å². The lowest BCUT2D eigenvalue weighted by molar-refractivity contribution is 0.0934. The van der Waals surface area contributed by atoms with E-state index in [-0.39, 0.29) is 22.4 Å². The maximum absolute atomic E-state index is 12.2. The quantitative estimate of drug-likeness (QED) is 0.840. The SMILES string of the molecule is Cc1ccc(C(=O)NC2CCS(=O)CC2)cc1S(=O)(=O)Cl. The summed E-state index contributed by atoms with van der Waals surface area (Å²) < 4.78 is 34.2. The van der Waals surface area contributed by atoms with Gasteiger partial charge in [0.25, 0.3) is 15.0 Å². The summed E-state index contributed by atoms with van der Waals surface area (Å²) in [6.07, 6.45) is 1.34. The average Bonchev–Trinajstić information content (AvgIpc) is 2.40. The average molecular weight is 350 g/mol. The molecule has 1 amide bonds. The lowest BCUT2D eigenvalue weighted by Crippen LogP contribution is -2.39. The van der Waals surface area contributed by atoms with Crippen molar-refractivity contribution >= 4 is 36.4 Å². The molecule has 1 heterocycles. The van der Waals surface area contributed by atoms with E-state index in [2.05, 4.69) is 5.32 Å². The van der Waals surface area contributed by atoms with Crippen LogP contribution in [0.4, 0.5) is 0 Å². The second kappa shape index (κ2) is 6.46. The van der Waals surface area contributed by atoms with E-state index in [0.29, 0.717) is 29.9 Å². The van der Waals surface area contributed by atoms with Crippen LogP contribution in [0, 0.1) is 6.92 Å². The highest BCUT2D eigenvalue weighted by Crippen LogP contribution is 2.21. The van der Waals surface area contributed by atoms with Gasteiger partial charge in [-0.25, -0.2) is 8.42 Å². The van der Waals surface area contributed by atoms with Gasteiger partial charge in [0.15, 0.2) is 0 Å². The third kappa shape index (κ3) is 4.28. The minimum atomic E-state index is -3.88. The molecule has 1 aliphatic heterocycles. The Morgan fingerprint density at radius 2 is 1.95 bits per heavy atom. The zero-order valence-corrected chi connectivity index (χ0v) is 13.9. The highest BCUT2D eigenvalue weighted by molar-refractivity contribution is 8.13. The van der Waals surface area contributed by atoms with Gasteiger partial charge >= 0.3 is 0 Å². The van der Waals surface area contributed by atoms with Gasteiger partial charge in [0.1, 0.15) is 0 Å². The Morgan fingerprint density at radius 3 is 2.52 bits per heavy atom. The monoisotopic (exact) mass is 349 g/mol. The van der Waals surface area contributed by atoms with Crippen LogP contribution in [-0.4, -0.2) is 36.1 Å². The largest absolute Gasteiger partial charge is 0.349 e. The second-order valence-corrected chi connectivity index (χ2v) is 9.24. The molecule has 8 heteroatoms. The van der Waals surface area contributed by atoms with Gasteiger partial charge in [0.05, 0.1) is 4.90 Å². The maximum atomic E-state index is 12.2. The molecule has 1 saturated heterocycles. The number of carbonyl (C=O) groups is 1. The van der Waals surface area contributed by atoms with Crippen molar-refractivity contribution in [2.75, 3.05) is 11.5 Å². The van der Waals surface area contributed by atoms with Crippen molar-refractivity contribution < 1.29 is 17.4 Å². The fraction of sp³-hybridized carbons (Fsp3) is 0.462. The first kappa shape index (κ1) is 16.5. The molecule has 1 aromatic carbocycles. The smallest absolute Gasteiger partial charge is 0.261 e. The van der Waals surface area contributed by atoms with Gasteiger partial charge in [-0.2, -0.15) is 0 Å². The van der Waals surface area contributed by atoms with Crippen molar-refractivity contribution in [3.05, 3.63) is 29.3 Å². The number of aryl methyl sites for hydroxylation is 1. The first-order valence-electron chi connectivity index (χ1n) is 6.48. The Morgan fingerprint density at radius 1 is 1.33 bits per heavy atom. The molecule has 1 N–H and O–H groups in total. The van der Waals surface area contributed by atoms with E-state index >= 15 is 0 Å². The minimum Gasteiger partial charge on any atom is -0.349 e. The lowest BCUT2D eigenvalue weighted by Gasteiger charge is -2.22. The zero-order valence-electron chi connectivity index (χ0n) is 11.5. The highest BCUT2D eigenvalue weighted by atomic mass is 35.7. The van der Waals surface area contributed by atoms with Gasteiger partial charge in [0, 0.05) is 44.6 Å². The van der Waals surface area contributed by atoms with Crippen LogP contribution >= 0.6 is 10.7 Å². The van der Waals surface area contributed by atoms with Crippen molar-refractivity contribution in [3.63, 3.8) is 0 Å². The molecule has 0 saturated carbocycles. The molecular formula is C13H16ClNO4S2. The van der Waals surface area contributed by atoms with Crippen LogP contribution < -0.4 is 5.32 Å². The topological polar surface area (TPSA) is 80.3 Å². The first-order chi connectivity index (χ1) is 9.77. The molecule has 0 spiro atoms. The van der Waals surface area contributed by atoms with E-state index in [9.17, 15) is 17.4 Å². The Hall–Kier alpha value is -0.920. The molecule has 0 radical (unpaired) electrons. The van der Waals surface area contributed by atoms with E-state index in [1.165, 1.54) is 6.07 Å². The summed E-state index contributed by atoms with van der Waals surface area (Å²) >= 11 is 0. The predicted molar refractivity (Wildman–Crippen MR) is 82.6 cm³/mol. The van der Waals surface area contributed by atoms with Crippen LogP contribution in [0.2, 0.25) is 0 Å². The fourth-order valence-corrected chi connectivity index (χ4v) is 4.73. The molecule has 116 valence electrons. The minimum absolute atomic E-state index is 0.0208. The van der Waals surface area contributed by atoms with Gasteiger partial charge in [-0.1, -0.05) is 6.07 Å². The zero-order chi connectivity index (χ0) is 15.6. The van der Waals surface area contributed by atoms with Crippen LogP contribution in [0.5, 0.6) is 0 Å². The lowest BCUT2D eigenvalue weighted by atomic mass is 10.1. The van der Waals surface area contributed by atoms with Crippen molar-refractivity contribution in [3.8, 4) is 0 Å². The number of nitrogens with one attached hydrogen (secondary N) is 1. The standard InChI is InChI=1S/C13H16ClNO4S2/c1-9-2-3-10(8-12(9)21(14,18)19)13(16)15-11-4-6-20(17)7-5-11/h2-3,8,11H,4-7H2,1H3,(H,15,16). The predicted octanol–water partition coefficient (Wildman–Crippen LogP) is 1.56. The van der Waals surface area contributed by atoms with Gasteiger partial charge in [-0.3, -0.25) is 9.00 Å². The number of halogens is 1. The van der Waals surface area contributed by atoms with E-state index in [0.717, 1.165) is 0 Å². The van der Waals surface area contributed by atoms with E-state index in [4.69, 9.17) is 10.7 Å². The van der Waals surface area contributed by atoms with E-state index in [1.54, 1.807) is 19.1 Å². The molecule has 0 aromatic heterocycles. The van der Waals surface area contributed by atoms with Crippen molar-refractivity contribution in [1.82, 2.24) is 5.32 Å². The molecule has 1 aromatic rings. The molecule has 1 fully saturated rings. The summed E-state index contributed by atoms with van der Waals surface area (Å²) in [4.78, 5) is 12.1. The van der Waals surface area contributed by atoms with Crippen LogP contribution in [0.3, 0.4) is 0 Å². The van der Waals surface area contributed by atoms with Gasteiger partial charge < -0.3 is 5.32 Å². The Bertz CT molecular complexity index is 677. The molecular weight excluding hydrogens is 334 g/mol. The van der Waals surface area contributed by atoms with Gasteiger partial charge in [-0.15, -0.1) is 0 Å².